The Morgan fingerprint density at radius 1 is 0.929 bits per heavy atom. The number of amides is 2. The molecule has 0 atom stereocenters. The minimum absolute atomic E-state index is 0.133. The van der Waals surface area contributed by atoms with E-state index in [4.69, 9.17) is 0 Å². The highest BCUT2D eigenvalue weighted by Crippen LogP contribution is 2.23. The highest BCUT2D eigenvalue weighted by Gasteiger charge is 2.18. The minimum atomic E-state index is -3.70. The van der Waals surface area contributed by atoms with Crippen molar-refractivity contribution < 1.29 is 13.2 Å². The third kappa shape index (κ3) is 4.84. The fraction of sp³-hybridized carbons (Fsp3) is 0.381. The standard InChI is InChI=1S/C21H27N3O3S/c1-16-8-7-9-20(17(16)2)23-28(26,27)19-12-10-18(11-13-19)22-21(25)24-14-5-3-4-6-15-24/h7-13,23H,3-6,14-15H2,1-2H3,(H,22,25). The number of nitrogens with one attached hydrogen (secondary N) is 2. The van der Waals surface area contributed by atoms with Crippen molar-refractivity contribution in [1.29, 1.82) is 0 Å². The van der Waals surface area contributed by atoms with Crippen molar-refractivity contribution in [2.24, 2.45) is 0 Å². The van der Waals surface area contributed by atoms with Crippen LogP contribution in [-0.2, 0) is 10.0 Å². The van der Waals surface area contributed by atoms with Gasteiger partial charge in [-0.3, -0.25) is 4.72 Å². The first-order valence-electron chi connectivity index (χ1n) is 9.62. The molecule has 0 radical (unpaired) electrons. The first-order chi connectivity index (χ1) is 13.4. The van der Waals surface area contributed by atoms with Crippen molar-refractivity contribution >= 4 is 27.4 Å². The van der Waals surface area contributed by atoms with E-state index in [0.717, 1.165) is 49.9 Å². The van der Waals surface area contributed by atoms with Crippen molar-refractivity contribution in [2.75, 3.05) is 23.1 Å². The van der Waals surface area contributed by atoms with E-state index >= 15 is 0 Å². The molecule has 1 fully saturated rings. The Balaban J connectivity index is 1.69. The van der Waals surface area contributed by atoms with Crippen LogP contribution in [0.3, 0.4) is 0 Å². The fourth-order valence-corrected chi connectivity index (χ4v) is 4.38. The highest BCUT2D eigenvalue weighted by molar-refractivity contribution is 7.92. The number of urea groups is 1. The lowest BCUT2D eigenvalue weighted by Crippen LogP contribution is -2.35. The van der Waals surface area contributed by atoms with Crippen molar-refractivity contribution in [3.05, 3.63) is 53.6 Å². The lowest BCUT2D eigenvalue weighted by molar-refractivity contribution is 0.214. The monoisotopic (exact) mass is 401 g/mol. The summed E-state index contributed by atoms with van der Waals surface area (Å²) < 4.78 is 28.0. The Labute approximate surface area is 167 Å². The molecule has 0 spiro atoms. The van der Waals surface area contributed by atoms with E-state index in [2.05, 4.69) is 10.0 Å². The second-order valence-corrected chi connectivity index (χ2v) is 8.89. The third-order valence-electron chi connectivity index (χ3n) is 5.16. The molecule has 1 heterocycles. The first-order valence-corrected chi connectivity index (χ1v) is 11.1. The molecule has 0 unspecified atom stereocenters. The number of carbonyl (C=O) groups is 1. The molecule has 3 rings (SSSR count). The zero-order valence-corrected chi connectivity index (χ0v) is 17.2. The van der Waals surface area contributed by atoms with Crippen molar-refractivity contribution in [3.63, 3.8) is 0 Å². The summed E-state index contributed by atoms with van der Waals surface area (Å²) in [7, 11) is -3.70. The first kappa shape index (κ1) is 20.2. The Morgan fingerprint density at radius 3 is 2.21 bits per heavy atom. The summed E-state index contributed by atoms with van der Waals surface area (Å²) in [5.41, 5.74) is 3.07. The second-order valence-electron chi connectivity index (χ2n) is 7.21. The largest absolute Gasteiger partial charge is 0.325 e. The second kappa shape index (κ2) is 8.65. The quantitative estimate of drug-likeness (QED) is 0.791. The molecule has 7 heteroatoms. The van der Waals surface area contributed by atoms with Gasteiger partial charge in [-0.1, -0.05) is 25.0 Å². The van der Waals surface area contributed by atoms with Crippen LogP contribution in [0, 0.1) is 13.8 Å². The summed E-state index contributed by atoms with van der Waals surface area (Å²) in [6, 6.07) is 11.6. The number of rotatable bonds is 4. The normalized spacial score (nSPS) is 15.0. The molecular formula is C21H27N3O3S. The number of sulfonamides is 1. The van der Waals surface area contributed by atoms with Gasteiger partial charge in [0, 0.05) is 18.8 Å². The summed E-state index contributed by atoms with van der Waals surface area (Å²) in [5.74, 6) is 0. The summed E-state index contributed by atoms with van der Waals surface area (Å²) in [6.07, 6.45) is 4.36. The Morgan fingerprint density at radius 2 is 1.57 bits per heavy atom. The van der Waals surface area contributed by atoms with Gasteiger partial charge in [0.05, 0.1) is 10.6 Å². The predicted molar refractivity (Wildman–Crippen MR) is 112 cm³/mol. The van der Waals surface area contributed by atoms with Crippen LogP contribution in [0.4, 0.5) is 16.2 Å². The molecule has 150 valence electrons. The van der Waals surface area contributed by atoms with Gasteiger partial charge < -0.3 is 10.2 Å². The molecule has 1 saturated heterocycles. The van der Waals surface area contributed by atoms with Gasteiger partial charge >= 0.3 is 6.03 Å². The van der Waals surface area contributed by atoms with Gasteiger partial charge in [0.15, 0.2) is 0 Å². The molecular weight excluding hydrogens is 374 g/mol. The maximum absolute atomic E-state index is 12.7. The van der Waals surface area contributed by atoms with E-state index < -0.39 is 10.0 Å². The number of likely N-dealkylation sites (tertiary alicyclic amines) is 1. The van der Waals surface area contributed by atoms with Gasteiger partial charge in [-0.2, -0.15) is 0 Å². The van der Waals surface area contributed by atoms with Gasteiger partial charge in [0.25, 0.3) is 10.0 Å². The lowest BCUT2D eigenvalue weighted by Gasteiger charge is -2.20. The number of aryl methyl sites for hydroxylation is 1. The predicted octanol–water partition coefficient (Wildman–Crippen LogP) is 4.51. The molecule has 0 aromatic heterocycles. The summed E-state index contributed by atoms with van der Waals surface area (Å²) in [5, 5.41) is 2.86. The van der Waals surface area contributed by atoms with Gasteiger partial charge in [-0.25, -0.2) is 13.2 Å². The topological polar surface area (TPSA) is 78.5 Å². The summed E-state index contributed by atoms with van der Waals surface area (Å²) >= 11 is 0. The van der Waals surface area contributed by atoms with Crippen molar-refractivity contribution in [3.8, 4) is 0 Å². The summed E-state index contributed by atoms with van der Waals surface area (Å²) in [6.45, 7) is 5.35. The van der Waals surface area contributed by atoms with Gasteiger partial charge in [-0.05, 0) is 68.1 Å². The van der Waals surface area contributed by atoms with Crippen LogP contribution in [0.25, 0.3) is 0 Å². The van der Waals surface area contributed by atoms with Crippen LogP contribution < -0.4 is 10.0 Å². The molecule has 2 aromatic rings. The average molecular weight is 402 g/mol. The molecule has 1 aliphatic rings. The van der Waals surface area contributed by atoms with Gasteiger partial charge in [0.1, 0.15) is 0 Å². The van der Waals surface area contributed by atoms with Crippen molar-refractivity contribution in [1.82, 2.24) is 4.90 Å². The van der Waals surface area contributed by atoms with Crippen LogP contribution in [0.15, 0.2) is 47.4 Å². The van der Waals surface area contributed by atoms with Crippen molar-refractivity contribution in [2.45, 2.75) is 44.4 Å². The van der Waals surface area contributed by atoms with E-state index in [9.17, 15) is 13.2 Å². The number of hydrogen-bond donors (Lipinski definition) is 2. The van der Waals surface area contributed by atoms with E-state index in [1.807, 2.05) is 30.9 Å². The zero-order valence-electron chi connectivity index (χ0n) is 16.4. The van der Waals surface area contributed by atoms with E-state index in [0.29, 0.717) is 11.4 Å². The lowest BCUT2D eigenvalue weighted by atomic mass is 10.1. The zero-order chi connectivity index (χ0) is 20.1. The van der Waals surface area contributed by atoms with Gasteiger partial charge in [0.2, 0.25) is 0 Å². The molecule has 2 aromatic carbocycles. The molecule has 2 amide bonds. The van der Waals surface area contributed by atoms with Crippen LogP contribution in [-0.4, -0.2) is 32.4 Å². The van der Waals surface area contributed by atoms with E-state index in [-0.39, 0.29) is 10.9 Å². The molecule has 0 bridgehead atoms. The number of benzene rings is 2. The fourth-order valence-electron chi connectivity index (χ4n) is 3.26. The number of nitrogens with zero attached hydrogens (tertiary/aromatic N) is 1. The third-order valence-corrected chi connectivity index (χ3v) is 6.54. The number of carbonyl (C=O) groups excluding carboxylic acids is 1. The maximum Gasteiger partial charge on any atom is 0.321 e. The van der Waals surface area contributed by atoms with E-state index in [1.54, 1.807) is 18.2 Å². The molecule has 6 nitrogen and oxygen atoms in total. The van der Waals surface area contributed by atoms with Crippen LogP contribution in [0.5, 0.6) is 0 Å². The molecule has 0 aliphatic carbocycles. The number of anilines is 2. The highest BCUT2D eigenvalue weighted by atomic mass is 32.2. The van der Waals surface area contributed by atoms with Crippen LogP contribution in [0.2, 0.25) is 0 Å². The Bertz CT molecular complexity index is 932. The van der Waals surface area contributed by atoms with Crippen LogP contribution >= 0.6 is 0 Å². The number of hydrogen-bond acceptors (Lipinski definition) is 3. The SMILES string of the molecule is Cc1cccc(NS(=O)(=O)c2ccc(NC(=O)N3CCCCCC3)cc2)c1C. The van der Waals surface area contributed by atoms with Gasteiger partial charge in [-0.15, -0.1) is 0 Å². The minimum Gasteiger partial charge on any atom is -0.325 e. The average Bonchev–Trinajstić information content (AvgIpc) is 2.95. The smallest absolute Gasteiger partial charge is 0.321 e. The molecule has 28 heavy (non-hydrogen) atoms. The van der Waals surface area contributed by atoms with E-state index in [1.165, 1.54) is 12.1 Å². The maximum atomic E-state index is 12.7. The Hall–Kier alpha value is -2.54. The molecule has 0 saturated carbocycles. The molecule has 2 N–H and O–H groups in total. The van der Waals surface area contributed by atoms with Crippen LogP contribution in [0.1, 0.15) is 36.8 Å². The summed E-state index contributed by atoms with van der Waals surface area (Å²) in [4.78, 5) is 14.4. The molecule has 1 aliphatic heterocycles. The Kier molecular flexibility index (Phi) is 6.24.